The van der Waals surface area contributed by atoms with Gasteiger partial charge in [0.15, 0.2) is 0 Å². The fraction of sp³-hybridized carbons (Fsp3) is 0.471. The summed E-state index contributed by atoms with van der Waals surface area (Å²) in [6.45, 7) is 3.56. The van der Waals surface area contributed by atoms with E-state index in [2.05, 4.69) is 10.3 Å². The Hall–Kier alpha value is -1.70. The number of piperidine rings is 1. The van der Waals surface area contributed by atoms with E-state index < -0.39 is 10.0 Å². The minimum absolute atomic E-state index is 0.0811. The number of aromatic nitrogens is 1. The molecule has 1 fully saturated rings. The zero-order chi connectivity index (χ0) is 17.3. The van der Waals surface area contributed by atoms with Gasteiger partial charge in [0.1, 0.15) is 0 Å². The van der Waals surface area contributed by atoms with Crippen molar-refractivity contribution >= 4 is 20.9 Å². The Balaban J connectivity index is 1.68. The zero-order valence-electron chi connectivity index (χ0n) is 14.0. The lowest BCUT2D eigenvalue weighted by Gasteiger charge is -2.36. The molecule has 0 aliphatic carbocycles. The molecule has 0 saturated carbocycles. The molecule has 24 heavy (non-hydrogen) atoms. The Morgan fingerprint density at radius 1 is 1.33 bits per heavy atom. The molecule has 2 atom stereocenters. The Bertz CT molecular complexity index is 891. The predicted molar refractivity (Wildman–Crippen MR) is 95.4 cm³/mol. The number of rotatable bonds is 4. The number of hydrogen-bond acceptors (Lipinski definition) is 4. The van der Waals surface area contributed by atoms with Crippen LogP contribution in [0.5, 0.6) is 0 Å². The summed E-state index contributed by atoms with van der Waals surface area (Å²) in [6.07, 6.45) is 2.00. The second kappa shape index (κ2) is 6.66. The van der Waals surface area contributed by atoms with Gasteiger partial charge in [0.25, 0.3) is 5.56 Å². The van der Waals surface area contributed by atoms with Gasteiger partial charge in [0, 0.05) is 36.8 Å². The molecule has 0 bridgehead atoms. The van der Waals surface area contributed by atoms with Crippen molar-refractivity contribution in [1.82, 2.24) is 14.6 Å². The molecule has 0 unspecified atom stereocenters. The molecule has 1 aromatic carbocycles. The van der Waals surface area contributed by atoms with Crippen molar-refractivity contribution in [2.75, 3.05) is 19.3 Å². The topological polar surface area (TPSA) is 82.3 Å². The first-order valence-electron chi connectivity index (χ1n) is 8.14. The first-order chi connectivity index (χ1) is 11.3. The molecule has 0 radical (unpaired) electrons. The Labute approximate surface area is 141 Å². The van der Waals surface area contributed by atoms with Crippen LogP contribution >= 0.6 is 0 Å². The fourth-order valence-corrected chi connectivity index (χ4v) is 4.22. The number of sulfonamides is 1. The second-order valence-electron chi connectivity index (χ2n) is 6.59. The highest BCUT2D eigenvalue weighted by atomic mass is 32.2. The maximum Gasteiger partial charge on any atom is 0.252 e. The van der Waals surface area contributed by atoms with E-state index in [0.29, 0.717) is 25.2 Å². The third-order valence-corrected chi connectivity index (χ3v) is 5.99. The van der Waals surface area contributed by atoms with Crippen molar-refractivity contribution in [2.45, 2.75) is 25.9 Å². The van der Waals surface area contributed by atoms with E-state index in [9.17, 15) is 13.2 Å². The molecule has 0 spiro atoms. The normalized spacial score (nSPS) is 22.8. The van der Waals surface area contributed by atoms with Gasteiger partial charge in [-0.3, -0.25) is 4.79 Å². The van der Waals surface area contributed by atoms with Crippen LogP contribution in [-0.4, -0.2) is 43.1 Å². The average Bonchev–Trinajstić information content (AvgIpc) is 2.53. The zero-order valence-corrected chi connectivity index (χ0v) is 14.8. The average molecular weight is 349 g/mol. The monoisotopic (exact) mass is 349 g/mol. The van der Waals surface area contributed by atoms with Crippen molar-refractivity contribution in [3.8, 4) is 0 Å². The number of fused-ring (bicyclic) bond motifs is 1. The molecule has 2 N–H and O–H groups in total. The van der Waals surface area contributed by atoms with Crippen LogP contribution < -0.4 is 10.9 Å². The van der Waals surface area contributed by atoms with E-state index >= 15 is 0 Å². The van der Waals surface area contributed by atoms with Crippen molar-refractivity contribution in [1.29, 1.82) is 0 Å². The fourth-order valence-electron chi connectivity index (χ4n) is 3.28. The minimum Gasteiger partial charge on any atom is -0.322 e. The van der Waals surface area contributed by atoms with Gasteiger partial charge in [-0.1, -0.05) is 25.1 Å². The van der Waals surface area contributed by atoms with Crippen LogP contribution in [0.4, 0.5) is 0 Å². The van der Waals surface area contributed by atoms with E-state index in [1.807, 2.05) is 37.3 Å². The van der Waals surface area contributed by atoms with Gasteiger partial charge in [-0.15, -0.1) is 0 Å². The number of hydrogen-bond donors (Lipinski definition) is 2. The van der Waals surface area contributed by atoms with Crippen LogP contribution in [0.1, 0.15) is 18.9 Å². The number of benzene rings is 1. The molecule has 1 saturated heterocycles. The van der Waals surface area contributed by atoms with E-state index in [1.165, 1.54) is 10.6 Å². The minimum atomic E-state index is -3.13. The van der Waals surface area contributed by atoms with E-state index in [1.54, 1.807) is 0 Å². The quantitative estimate of drug-likeness (QED) is 0.871. The summed E-state index contributed by atoms with van der Waals surface area (Å²) in [5.74, 6) is 0.202. The van der Waals surface area contributed by atoms with Gasteiger partial charge in [-0.25, -0.2) is 12.7 Å². The highest BCUT2D eigenvalue weighted by Crippen LogP contribution is 2.19. The van der Waals surface area contributed by atoms with Gasteiger partial charge in [-0.2, -0.15) is 0 Å². The smallest absolute Gasteiger partial charge is 0.252 e. The number of aromatic amines is 1. The van der Waals surface area contributed by atoms with Gasteiger partial charge in [0.2, 0.25) is 10.0 Å². The standard InChI is InChI=1S/C17H23N3O3S/c1-12-11-20(24(2,22)23)8-7-15(12)18-10-14-9-13-5-3-4-6-16(13)19-17(14)21/h3-6,9,12,15,18H,7-8,10-11H2,1-2H3,(H,19,21)/t12-,15-/m0/s1. The van der Waals surface area contributed by atoms with E-state index in [-0.39, 0.29) is 17.5 Å². The lowest BCUT2D eigenvalue weighted by molar-refractivity contribution is 0.220. The molecule has 130 valence electrons. The summed E-state index contributed by atoms with van der Waals surface area (Å²) in [6, 6.07) is 9.82. The van der Waals surface area contributed by atoms with Crippen LogP contribution in [0, 0.1) is 5.92 Å². The molecule has 2 aromatic rings. The summed E-state index contributed by atoms with van der Waals surface area (Å²) < 4.78 is 24.8. The van der Waals surface area contributed by atoms with Gasteiger partial charge >= 0.3 is 0 Å². The summed E-state index contributed by atoms with van der Waals surface area (Å²) >= 11 is 0. The number of nitrogens with zero attached hydrogens (tertiary/aromatic N) is 1. The second-order valence-corrected chi connectivity index (χ2v) is 8.57. The third kappa shape index (κ3) is 3.68. The lowest BCUT2D eigenvalue weighted by Crippen LogP contribution is -2.49. The van der Waals surface area contributed by atoms with Crippen molar-refractivity contribution in [2.24, 2.45) is 5.92 Å². The molecule has 7 heteroatoms. The third-order valence-electron chi connectivity index (χ3n) is 4.72. The maximum atomic E-state index is 12.2. The molecular weight excluding hydrogens is 326 g/mol. The Morgan fingerprint density at radius 3 is 2.79 bits per heavy atom. The molecular formula is C17H23N3O3S. The number of nitrogens with one attached hydrogen (secondary N) is 2. The maximum absolute atomic E-state index is 12.2. The van der Waals surface area contributed by atoms with Crippen LogP contribution in [0.15, 0.2) is 35.1 Å². The first kappa shape index (κ1) is 17.1. The lowest BCUT2D eigenvalue weighted by atomic mass is 9.95. The molecule has 0 amide bonds. The van der Waals surface area contributed by atoms with Gasteiger partial charge < -0.3 is 10.3 Å². The molecule has 6 nitrogen and oxygen atoms in total. The predicted octanol–water partition coefficient (Wildman–Crippen LogP) is 1.29. The molecule has 2 heterocycles. The number of pyridine rings is 1. The van der Waals surface area contributed by atoms with Crippen molar-refractivity contribution < 1.29 is 8.42 Å². The highest BCUT2D eigenvalue weighted by molar-refractivity contribution is 7.88. The van der Waals surface area contributed by atoms with Crippen LogP contribution in [0.25, 0.3) is 10.9 Å². The molecule has 3 rings (SSSR count). The number of para-hydroxylation sites is 1. The van der Waals surface area contributed by atoms with Gasteiger partial charge in [0.05, 0.1) is 6.26 Å². The van der Waals surface area contributed by atoms with Crippen molar-refractivity contribution in [3.05, 3.63) is 46.2 Å². The summed E-state index contributed by atoms with van der Waals surface area (Å²) in [7, 11) is -3.13. The SMILES string of the molecule is C[C@H]1CN(S(C)(=O)=O)CC[C@@H]1NCc1cc2ccccc2[nH]c1=O. The van der Waals surface area contributed by atoms with Crippen LogP contribution in [-0.2, 0) is 16.6 Å². The van der Waals surface area contributed by atoms with E-state index in [4.69, 9.17) is 0 Å². The highest BCUT2D eigenvalue weighted by Gasteiger charge is 2.30. The first-order valence-corrected chi connectivity index (χ1v) is 9.99. The van der Waals surface area contributed by atoms with Gasteiger partial charge in [-0.05, 0) is 29.9 Å². The molecule has 1 aromatic heterocycles. The summed E-state index contributed by atoms with van der Waals surface area (Å²) in [5.41, 5.74) is 1.45. The van der Waals surface area contributed by atoms with Crippen LogP contribution in [0.3, 0.4) is 0 Å². The van der Waals surface area contributed by atoms with E-state index in [0.717, 1.165) is 17.3 Å². The molecule has 1 aliphatic rings. The number of H-pyrrole nitrogens is 1. The summed E-state index contributed by atoms with van der Waals surface area (Å²) in [5, 5.41) is 4.43. The van der Waals surface area contributed by atoms with Crippen molar-refractivity contribution in [3.63, 3.8) is 0 Å². The Morgan fingerprint density at radius 2 is 2.08 bits per heavy atom. The van der Waals surface area contributed by atoms with Crippen LogP contribution in [0.2, 0.25) is 0 Å². The Kier molecular flexibility index (Phi) is 4.76. The molecule has 1 aliphatic heterocycles. The summed E-state index contributed by atoms with van der Waals surface area (Å²) in [4.78, 5) is 15.1. The largest absolute Gasteiger partial charge is 0.322 e.